The molecule has 0 atom stereocenters. The first kappa shape index (κ1) is 19.6. The number of aromatic nitrogens is 3. The lowest BCUT2D eigenvalue weighted by Gasteiger charge is -1.99. The molecule has 2 N–H and O–H groups in total. The molecule has 0 radical (unpaired) electrons. The molecule has 3 aromatic rings. The van der Waals surface area contributed by atoms with Crippen LogP contribution in [0.25, 0.3) is 17.4 Å². The summed E-state index contributed by atoms with van der Waals surface area (Å²) in [5.41, 5.74) is 1.42. The van der Waals surface area contributed by atoms with Crippen molar-refractivity contribution in [3.8, 4) is 11.3 Å². The van der Waals surface area contributed by atoms with Crippen molar-refractivity contribution in [2.45, 2.75) is 31.8 Å². The molecule has 144 valence electrons. The van der Waals surface area contributed by atoms with E-state index in [1.807, 2.05) is 6.92 Å². The smallest absolute Gasteiger partial charge is 0.342 e. The number of H-pyrrole nitrogens is 1. The number of carboxylic acid groups (broad SMARTS) is 1. The molecule has 2 aromatic heterocycles. The average molecular weight is 397 g/mol. The number of carbonyl (C=O) groups is 2. The number of hydrogen-bond acceptors (Lipinski definition) is 6. The van der Waals surface area contributed by atoms with Gasteiger partial charge in [-0.15, -0.1) is 5.10 Å². The summed E-state index contributed by atoms with van der Waals surface area (Å²) in [7, 11) is 0. The molecule has 0 aliphatic heterocycles. The summed E-state index contributed by atoms with van der Waals surface area (Å²) in [6, 6.07) is 10.5. The van der Waals surface area contributed by atoms with Gasteiger partial charge < -0.3 is 9.52 Å². The number of aryl methyl sites for hydroxylation is 1. The van der Waals surface area contributed by atoms with Crippen LogP contribution in [0.15, 0.2) is 50.9 Å². The summed E-state index contributed by atoms with van der Waals surface area (Å²) < 4.78 is 5.75. The fourth-order valence-electron chi connectivity index (χ4n) is 2.49. The molecule has 1 aromatic carbocycles. The van der Waals surface area contributed by atoms with E-state index >= 15 is 0 Å². The molecule has 0 unspecified atom stereocenters. The third-order valence-electron chi connectivity index (χ3n) is 3.89. The number of thioether (sulfide) groups is 1. The molecule has 0 aliphatic rings. The number of nitrogens with zero attached hydrogens (tertiary/aromatic N) is 2. The van der Waals surface area contributed by atoms with Crippen LogP contribution in [0.2, 0.25) is 0 Å². The lowest BCUT2D eigenvalue weighted by atomic mass is 10.1. The Morgan fingerprint density at radius 3 is 2.61 bits per heavy atom. The van der Waals surface area contributed by atoms with Crippen LogP contribution >= 0.6 is 11.8 Å². The van der Waals surface area contributed by atoms with E-state index in [9.17, 15) is 14.7 Å². The number of carbonyl (C=O) groups excluding carboxylic acids is 1. The summed E-state index contributed by atoms with van der Waals surface area (Å²) in [5, 5.41) is 16.7. The van der Waals surface area contributed by atoms with E-state index < -0.39 is 5.97 Å². The normalized spacial score (nSPS) is 11.6. The predicted molar refractivity (Wildman–Crippen MR) is 106 cm³/mol. The Labute approximate surface area is 165 Å². The van der Waals surface area contributed by atoms with Gasteiger partial charge in [-0.3, -0.25) is 9.89 Å². The number of aliphatic carboxylic acids is 1. The van der Waals surface area contributed by atoms with Crippen molar-refractivity contribution in [2.24, 2.45) is 0 Å². The number of rotatable bonds is 8. The van der Waals surface area contributed by atoms with Crippen molar-refractivity contribution in [1.29, 1.82) is 0 Å². The largest absolute Gasteiger partial charge is 0.477 e. The van der Waals surface area contributed by atoms with Crippen LogP contribution in [0.3, 0.4) is 0 Å². The molecule has 0 saturated heterocycles. The Bertz CT molecular complexity index is 1020. The first-order valence-electron chi connectivity index (χ1n) is 8.71. The average Bonchev–Trinajstić information content (AvgIpc) is 3.31. The minimum absolute atomic E-state index is 0.00758. The van der Waals surface area contributed by atoms with Crippen LogP contribution in [0, 0.1) is 0 Å². The first-order valence-corrected chi connectivity index (χ1v) is 9.53. The number of benzene rings is 1. The molecule has 0 saturated carbocycles. The van der Waals surface area contributed by atoms with Crippen molar-refractivity contribution >= 4 is 29.6 Å². The zero-order valence-corrected chi connectivity index (χ0v) is 16.2. The minimum Gasteiger partial charge on any atom is -0.477 e. The van der Waals surface area contributed by atoms with Gasteiger partial charge in [0.25, 0.3) is 0 Å². The van der Waals surface area contributed by atoms with Crippen LogP contribution < -0.4 is 0 Å². The Hall–Kier alpha value is -3.13. The van der Waals surface area contributed by atoms with Gasteiger partial charge in [0.2, 0.25) is 5.16 Å². The number of carboxylic acids is 1. The molecule has 7 nitrogen and oxygen atoms in total. The first-order chi connectivity index (χ1) is 13.5. The number of hydrogen-bond donors (Lipinski definition) is 2. The standard InChI is InChI=1S/C20H19N3O4S/c1-3-4-18-21-20(23-22-18)28-17(19(25)26)11-15-9-10-16(27-15)14-7-5-13(6-8-14)12(2)24/h5-11H,3-4H2,1-2H3,(H,25,26)(H,21,22,23)/b17-11+. The van der Waals surface area contributed by atoms with Gasteiger partial charge in [0.15, 0.2) is 5.78 Å². The zero-order chi connectivity index (χ0) is 20.1. The highest BCUT2D eigenvalue weighted by Gasteiger charge is 2.15. The van der Waals surface area contributed by atoms with Gasteiger partial charge in [-0.2, -0.15) is 0 Å². The summed E-state index contributed by atoms with van der Waals surface area (Å²) in [5.74, 6) is 0.616. The fraction of sp³-hybridized carbons (Fsp3) is 0.200. The van der Waals surface area contributed by atoms with E-state index in [1.54, 1.807) is 36.4 Å². The number of Topliss-reactive ketones (excluding diaryl/α,β-unsaturated/α-hetero) is 1. The summed E-state index contributed by atoms with van der Waals surface area (Å²) in [6.45, 7) is 3.54. The number of nitrogens with one attached hydrogen (secondary N) is 1. The maximum absolute atomic E-state index is 11.6. The third kappa shape index (κ3) is 4.77. The summed E-state index contributed by atoms with van der Waals surface area (Å²) in [6.07, 6.45) is 3.11. The van der Waals surface area contributed by atoms with Crippen molar-refractivity contribution < 1.29 is 19.1 Å². The molecule has 0 bridgehead atoms. The van der Waals surface area contributed by atoms with Crippen LogP contribution in [0.5, 0.6) is 0 Å². The SMILES string of the molecule is CCCc1nc(S/C(=C/c2ccc(-c3ccc(C(C)=O)cc3)o2)C(=O)O)n[nH]1. The van der Waals surface area contributed by atoms with Gasteiger partial charge in [-0.05, 0) is 37.2 Å². The van der Waals surface area contributed by atoms with Crippen molar-refractivity contribution in [3.05, 3.63) is 58.5 Å². The molecule has 0 amide bonds. The molecule has 28 heavy (non-hydrogen) atoms. The van der Waals surface area contributed by atoms with Gasteiger partial charge in [-0.25, -0.2) is 9.78 Å². The second-order valence-corrected chi connectivity index (χ2v) is 7.08. The lowest BCUT2D eigenvalue weighted by Crippen LogP contribution is -1.97. The number of aromatic amines is 1. The fourth-order valence-corrected chi connectivity index (χ4v) is 3.20. The topological polar surface area (TPSA) is 109 Å². The zero-order valence-electron chi connectivity index (χ0n) is 15.4. The molecule has 0 fully saturated rings. The Morgan fingerprint density at radius 2 is 1.96 bits per heavy atom. The molecule has 0 aliphatic carbocycles. The maximum Gasteiger partial charge on any atom is 0.342 e. The second kappa shape index (κ2) is 8.71. The van der Waals surface area contributed by atoms with Crippen LogP contribution in [-0.2, 0) is 11.2 Å². The van der Waals surface area contributed by atoms with Gasteiger partial charge >= 0.3 is 5.97 Å². The highest BCUT2D eigenvalue weighted by molar-refractivity contribution is 8.04. The number of ketones is 1. The van der Waals surface area contributed by atoms with E-state index in [0.717, 1.165) is 36.0 Å². The lowest BCUT2D eigenvalue weighted by molar-refractivity contribution is -0.131. The Balaban J connectivity index is 1.79. The molecule has 0 spiro atoms. The van der Waals surface area contributed by atoms with Gasteiger partial charge in [0.1, 0.15) is 22.3 Å². The highest BCUT2D eigenvalue weighted by Crippen LogP contribution is 2.28. The molecular formula is C20H19N3O4S. The van der Waals surface area contributed by atoms with Crippen molar-refractivity contribution in [1.82, 2.24) is 15.2 Å². The summed E-state index contributed by atoms with van der Waals surface area (Å²) in [4.78, 5) is 27.3. The van der Waals surface area contributed by atoms with E-state index in [0.29, 0.717) is 22.2 Å². The van der Waals surface area contributed by atoms with E-state index in [1.165, 1.54) is 13.0 Å². The Kier molecular flexibility index (Phi) is 6.10. The van der Waals surface area contributed by atoms with Gasteiger partial charge in [-0.1, -0.05) is 31.2 Å². The van der Waals surface area contributed by atoms with Crippen molar-refractivity contribution in [2.75, 3.05) is 0 Å². The number of furan rings is 1. The molecule has 8 heteroatoms. The molecule has 2 heterocycles. The van der Waals surface area contributed by atoms with E-state index in [2.05, 4.69) is 15.2 Å². The van der Waals surface area contributed by atoms with Gasteiger partial charge in [0, 0.05) is 23.6 Å². The highest BCUT2D eigenvalue weighted by atomic mass is 32.2. The quantitative estimate of drug-likeness (QED) is 0.328. The third-order valence-corrected chi connectivity index (χ3v) is 4.76. The van der Waals surface area contributed by atoms with Crippen LogP contribution in [-0.4, -0.2) is 32.0 Å². The van der Waals surface area contributed by atoms with Crippen LogP contribution in [0.1, 0.15) is 42.2 Å². The molecule has 3 rings (SSSR count). The Morgan fingerprint density at radius 1 is 1.21 bits per heavy atom. The summed E-state index contributed by atoms with van der Waals surface area (Å²) >= 11 is 0.959. The minimum atomic E-state index is -1.09. The van der Waals surface area contributed by atoms with E-state index in [-0.39, 0.29) is 10.7 Å². The second-order valence-electron chi connectivity index (χ2n) is 6.07. The van der Waals surface area contributed by atoms with Gasteiger partial charge in [0.05, 0.1) is 0 Å². The van der Waals surface area contributed by atoms with Crippen molar-refractivity contribution in [3.63, 3.8) is 0 Å². The predicted octanol–water partition coefficient (Wildman–Crippen LogP) is 4.44. The van der Waals surface area contributed by atoms with E-state index in [4.69, 9.17) is 4.42 Å². The van der Waals surface area contributed by atoms with Crippen LogP contribution in [0.4, 0.5) is 0 Å². The maximum atomic E-state index is 11.6. The monoisotopic (exact) mass is 397 g/mol. The molecular weight excluding hydrogens is 378 g/mol.